The van der Waals surface area contributed by atoms with Gasteiger partial charge in [0, 0.05) is 14.9 Å². The van der Waals surface area contributed by atoms with E-state index in [1.165, 1.54) is 0 Å². The molecule has 1 fully saturated rings. The fourth-order valence-electron chi connectivity index (χ4n) is 2.03. The predicted octanol–water partition coefficient (Wildman–Crippen LogP) is 3.86. The molecule has 0 radical (unpaired) electrons. The van der Waals surface area contributed by atoms with Crippen LogP contribution < -0.4 is 0 Å². The summed E-state index contributed by atoms with van der Waals surface area (Å²) in [6.45, 7) is 0. The molecule has 1 aromatic rings. The van der Waals surface area contributed by atoms with Gasteiger partial charge in [-0.1, -0.05) is 45.2 Å². The van der Waals surface area contributed by atoms with E-state index in [1.807, 2.05) is 6.07 Å². The average Bonchev–Trinajstić information content (AvgIpc) is 2.58. The van der Waals surface area contributed by atoms with E-state index in [1.54, 1.807) is 12.1 Å². The molecule has 1 heterocycles. The molecule has 2 unspecified atom stereocenters. The largest absolute Gasteiger partial charge is 0.229 e. The first-order valence-corrected chi connectivity index (χ1v) is 8.68. The van der Waals surface area contributed by atoms with Gasteiger partial charge in [-0.25, -0.2) is 8.42 Å². The van der Waals surface area contributed by atoms with Gasteiger partial charge in [-0.15, -0.1) is 0 Å². The van der Waals surface area contributed by atoms with Crippen molar-refractivity contribution >= 4 is 49.0 Å². The monoisotopic (exact) mass is 356 g/mol. The van der Waals surface area contributed by atoms with Crippen molar-refractivity contribution in [2.24, 2.45) is 5.92 Å². The molecular weight excluding hydrogens is 347 g/mol. The molecule has 17 heavy (non-hydrogen) atoms. The van der Waals surface area contributed by atoms with Crippen molar-refractivity contribution in [2.75, 3.05) is 11.5 Å². The molecule has 1 aliphatic rings. The SMILES string of the molecule is O=S1(=O)CCC(C(Br)c2ccc(Cl)cc2Cl)C1. The number of hydrogen-bond acceptors (Lipinski definition) is 2. The van der Waals surface area contributed by atoms with E-state index >= 15 is 0 Å². The van der Waals surface area contributed by atoms with Crippen LogP contribution >= 0.6 is 39.1 Å². The Morgan fingerprint density at radius 2 is 2.06 bits per heavy atom. The first-order chi connectivity index (χ1) is 7.89. The number of halogens is 3. The molecule has 0 aliphatic carbocycles. The second kappa shape index (κ2) is 5.08. The Morgan fingerprint density at radius 1 is 1.35 bits per heavy atom. The maximum Gasteiger partial charge on any atom is 0.150 e. The second-order valence-corrected chi connectivity index (χ2v) is 8.29. The van der Waals surface area contributed by atoms with Crippen molar-refractivity contribution in [1.29, 1.82) is 0 Å². The molecule has 2 atom stereocenters. The quantitative estimate of drug-likeness (QED) is 0.753. The van der Waals surface area contributed by atoms with Gasteiger partial charge in [-0.3, -0.25) is 0 Å². The van der Waals surface area contributed by atoms with Crippen LogP contribution in [0.1, 0.15) is 16.8 Å². The van der Waals surface area contributed by atoms with Crippen LogP contribution in [0.3, 0.4) is 0 Å². The molecule has 1 saturated heterocycles. The Kier molecular flexibility index (Phi) is 4.08. The topological polar surface area (TPSA) is 34.1 Å². The Labute approximate surface area is 119 Å². The van der Waals surface area contributed by atoms with Gasteiger partial charge in [0.2, 0.25) is 0 Å². The number of alkyl halides is 1. The van der Waals surface area contributed by atoms with Gasteiger partial charge in [-0.2, -0.15) is 0 Å². The first-order valence-electron chi connectivity index (χ1n) is 5.18. The van der Waals surface area contributed by atoms with Crippen LogP contribution in [0, 0.1) is 5.92 Å². The lowest BCUT2D eigenvalue weighted by atomic mass is 9.99. The van der Waals surface area contributed by atoms with Gasteiger partial charge >= 0.3 is 0 Å². The van der Waals surface area contributed by atoms with Gasteiger partial charge in [-0.05, 0) is 30.0 Å². The summed E-state index contributed by atoms with van der Waals surface area (Å²) < 4.78 is 22.9. The predicted molar refractivity (Wildman–Crippen MR) is 74.9 cm³/mol. The number of hydrogen-bond donors (Lipinski definition) is 0. The molecule has 6 heteroatoms. The van der Waals surface area contributed by atoms with Crippen molar-refractivity contribution in [2.45, 2.75) is 11.2 Å². The molecule has 0 bridgehead atoms. The molecule has 0 aromatic heterocycles. The highest BCUT2D eigenvalue weighted by Gasteiger charge is 2.33. The van der Waals surface area contributed by atoms with Gasteiger partial charge in [0.05, 0.1) is 11.5 Å². The lowest BCUT2D eigenvalue weighted by molar-refractivity contribution is 0.580. The fraction of sp³-hybridized carbons (Fsp3) is 0.455. The van der Waals surface area contributed by atoms with Crippen LogP contribution in [0.25, 0.3) is 0 Å². The van der Waals surface area contributed by atoms with Crippen LogP contribution in [0.4, 0.5) is 0 Å². The van der Waals surface area contributed by atoms with E-state index in [0.717, 1.165) is 5.56 Å². The third-order valence-electron chi connectivity index (χ3n) is 2.94. The molecule has 0 N–H and O–H groups in total. The summed E-state index contributed by atoms with van der Waals surface area (Å²) in [5, 5.41) is 1.15. The molecule has 0 amide bonds. The van der Waals surface area contributed by atoms with Gasteiger partial charge in [0.1, 0.15) is 0 Å². The smallest absolute Gasteiger partial charge is 0.150 e. The van der Waals surface area contributed by atoms with Crippen molar-refractivity contribution in [3.05, 3.63) is 33.8 Å². The Hall–Kier alpha value is 0.230. The van der Waals surface area contributed by atoms with E-state index in [4.69, 9.17) is 23.2 Å². The summed E-state index contributed by atoms with van der Waals surface area (Å²) in [5.74, 6) is 0.575. The van der Waals surface area contributed by atoms with Crippen LogP contribution in [0.5, 0.6) is 0 Å². The normalized spacial score (nSPS) is 24.8. The van der Waals surface area contributed by atoms with Crippen molar-refractivity contribution < 1.29 is 8.42 Å². The number of sulfone groups is 1. The highest BCUT2D eigenvalue weighted by Crippen LogP contribution is 2.41. The molecule has 1 aliphatic heterocycles. The summed E-state index contributed by atoms with van der Waals surface area (Å²) in [6, 6.07) is 5.28. The van der Waals surface area contributed by atoms with Crippen LogP contribution in [0.15, 0.2) is 18.2 Å². The van der Waals surface area contributed by atoms with Crippen LogP contribution in [-0.2, 0) is 9.84 Å². The third-order valence-corrected chi connectivity index (χ3v) is 6.54. The second-order valence-electron chi connectivity index (χ2n) is 4.23. The van der Waals surface area contributed by atoms with Crippen LogP contribution in [-0.4, -0.2) is 19.9 Å². The van der Waals surface area contributed by atoms with Crippen molar-refractivity contribution in [3.63, 3.8) is 0 Å². The zero-order valence-corrected chi connectivity index (χ0v) is 12.8. The number of rotatable bonds is 2. The minimum absolute atomic E-state index is 0.0375. The van der Waals surface area contributed by atoms with Gasteiger partial charge in [0.25, 0.3) is 0 Å². The molecular formula is C11H11BrCl2O2S. The van der Waals surface area contributed by atoms with E-state index in [9.17, 15) is 8.42 Å². The minimum atomic E-state index is -2.87. The lowest BCUT2D eigenvalue weighted by Gasteiger charge is -2.17. The van der Waals surface area contributed by atoms with E-state index < -0.39 is 9.84 Å². The summed E-state index contributed by atoms with van der Waals surface area (Å²) in [7, 11) is -2.87. The Morgan fingerprint density at radius 3 is 2.59 bits per heavy atom. The van der Waals surface area contributed by atoms with Gasteiger partial charge < -0.3 is 0 Å². The first kappa shape index (κ1) is 13.7. The molecule has 2 nitrogen and oxygen atoms in total. The van der Waals surface area contributed by atoms with Crippen molar-refractivity contribution in [3.8, 4) is 0 Å². The maximum absolute atomic E-state index is 11.4. The van der Waals surface area contributed by atoms with E-state index in [0.29, 0.717) is 16.5 Å². The van der Waals surface area contributed by atoms with Gasteiger partial charge in [0.15, 0.2) is 9.84 Å². The molecule has 94 valence electrons. The summed E-state index contributed by atoms with van der Waals surface area (Å²) in [6.07, 6.45) is 0.678. The zero-order valence-electron chi connectivity index (χ0n) is 8.87. The summed E-state index contributed by atoms with van der Waals surface area (Å²) in [5.41, 5.74) is 0.901. The molecule has 2 rings (SSSR count). The van der Waals surface area contributed by atoms with Crippen molar-refractivity contribution in [1.82, 2.24) is 0 Å². The third kappa shape index (κ3) is 3.16. The number of benzene rings is 1. The molecule has 1 aromatic carbocycles. The maximum atomic E-state index is 11.4. The zero-order chi connectivity index (χ0) is 12.6. The Bertz CT molecular complexity index is 530. The molecule has 0 spiro atoms. The Balaban J connectivity index is 2.23. The summed E-state index contributed by atoms with van der Waals surface area (Å²) >= 11 is 15.5. The summed E-state index contributed by atoms with van der Waals surface area (Å²) in [4.78, 5) is -0.0375. The lowest BCUT2D eigenvalue weighted by Crippen LogP contribution is -2.10. The average molecular weight is 358 g/mol. The highest BCUT2D eigenvalue weighted by molar-refractivity contribution is 9.09. The van der Waals surface area contributed by atoms with E-state index in [2.05, 4.69) is 15.9 Å². The van der Waals surface area contributed by atoms with E-state index in [-0.39, 0.29) is 22.3 Å². The standard InChI is InChI=1S/C11H11BrCl2O2S/c12-11(7-3-4-17(15,16)6-7)9-2-1-8(13)5-10(9)14/h1-2,5,7,11H,3-4,6H2. The molecule has 0 saturated carbocycles. The minimum Gasteiger partial charge on any atom is -0.229 e. The fourth-order valence-corrected chi connectivity index (χ4v) is 5.63. The van der Waals surface area contributed by atoms with Crippen LogP contribution in [0.2, 0.25) is 10.0 Å². The highest BCUT2D eigenvalue weighted by atomic mass is 79.9.